The number of amidine groups is 1. The molecule has 3 amide bonds. The van der Waals surface area contributed by atoms with Crippen molar-refractivity contribution >= 4 is 52.0 Å². The Kier molecular flexibility index (Phi) is 7.86. The van der Waals surface area contributed by atoms with Crippen LogP contribution < -0.4 is 15.4 Å². The van der Waals surface area contributed by atoms with Gasteiger partial charge in [0.05, 0.1) is 21.2 Å². The number of benzene rings is 1. The first-order valence-electron chi connectivity index (χ1n) is 10.0. The number of nitrogens with zero attached hydrogens (tertiary/aromatic N) is 4. The number of aliphatic imine (C=N–C) groups is 2. The molecule has 1 atom stereocenters. The predicted octanol–water partition coefficient (Wildman–Crippen LogP) is 2.76. The number of nitrogens with one attached hydrogen (secondary N) is 2. The zero-order chi connectivity index (χ0) is 23.4. The Bertz CT molecular complexity index is 1000. The molecule has 0 spiro atoms. The second kappa shape index (κ2) is 10.4. The Labute approximate surface area is 196 Å². The van der Waals surface area contributed by atoms with Gasteiger partial charge in [0.1, 0.15) is 12.4 Å². The molecule has 0 radical (unpaired) electrons. The molecule has 0 aromatic heterocycles. The van der Waals surface area contributed by atoms with Crippen molar-refractivity contribution in [3.63, 3.8) is 0 Å². The SMILES string of the molecule is CC1=NC(NC(=O)N(C)C)S/C1=C1\SC(=Nc2ccc(OCCN(C)C)cc2C)NC1=O. The number of thioether (sulfide) groups is 2. The number of amides is 3. The minimum absolute atomic E-state index is 0.216. The van der Waals surface area contributed by atoms with Crippen LogP contribution in [0.1, 0.15) is 12.5 Å². The third-order valence-corrected chi connectivity index (χ3v) is 6.84. The van der Waals surface area contributed by atoms with E-state index in [9.17, 15) is 9.59 Å². The van der Waals surface area contributed by atoms with Crippen molar-refractivity contribution < 1.29 is 14.3 Å². The highest BCUT2D eigenvalue weighted by molar-refractivity contribution is 8.19. The van der Waals surface area contributed by atoms with Crippen LogP contribution in [-0.2, 0) is 4.79 Å². The summed E-state index contributed by atoms with van der Waals surface area (Å²) in [6.45, 7) is 5.24. The molecule has 0 bridgehead atoms. The van der Waals surface area contributed by atoms with E-state index >= 15 is 0 Å². The fourth-order valence-electron chi connectivity index (χ4n) is 2.79. The van der Waals surface area contributed by atoms with Crippen LogP contribution >= 0.6 is 23.5 Å². The van der Waals surface area contributed by atoms with Gasteiger partial charge in [-0.25, -0.2) is 9.79 Å². The normalized spacial score (nSPS) is 21.7. The molecular weight excluding hydrogens is 448 g/mol. The van der Waals surface area contributed by atoms with Crippen LogP contribution in [0.5, 0.6) is 5.75 Å². The topological polar surface area (TPSA) is 98.6 Å². The van der Waals surface area contributed by atoms with E-state index in [4.69, 9.17) is 4.74 Å². The highest BCUT2D eigenvalue weighted by Crippen LogP contribution is 2.39. The summed E-state index contributed by atoms with van der Waals surface area (Å²) in [5, 5.41) is 6.14. The quantitative estimate of drug-likeness (QED) is 0.613. The Hall–Kier alpha value is -2.50. The highest BCUT2D eigenvalue weighted by Gasteiger charge is 2.33. The van der Waals surface area contributed by atoms with Crippen LogP contribution in [0, 0.1) is 6.92 Å². The third-order valence-electron chi connectivity index (χ3n) is 4.55. The molecule has 2 heterocycles. The zero-order valence-electron chi connectivity index (χ0n) is 19.1. The predicted molar refractivity (Wildman–Crippen MR) is 132 cm³/mol. The summed E-state index contributed by atoms with van der Waals surface area (Å²) in [7, 11) is 7.33. The van der Waals surface area contributed by atoms with E-state index < -0.39 is 5.50 Å². The van der Waals surface area contributed by atoms with Crippen molar-refractivity contribution in [1.29, 1.82) is 0 Å². The minimum Gasteiger partial charge on any atom is -0.492 e. The summed E-state index contributed by atoms with van der Waals surface area (Å²) in [4.78, 5) is 38.4. The Balaban J connectivity index is 1.70. The summed E-state index contributed by atoms with van der Waals surface area (Å²) in [5.41, 5.74) is 1.98. The maximum Gasteiger partial charge on any atom is 0.319 e. The zero-order valence-corrected chi connectivity index (χ0v) is 20.7. The molecule has 3 rings (SSSR count). The molecule has 0 aliphatic carbocycles. The van der Waals surface area contributed by atoms with Gasteiger partial charge in [0, 0.05) is 20.6 Å². The molecule has 1 aromatic rings. The van der Waals surface area contributed by atoms with E-state index in [1.54, 1.807) is 14.1 Å². The molecular formula is C21H28N6O3S2. The second-order valence-corrected chi connectivity index (χ2v) is 9.85. The van der Waals surface area contributed by atoms with Crippen molar-refractivity contribution in [2.24, 2.45) is 9.98 Å². The van der Waals surface area contributed by atoms with Crippen LogP contribution in [0.15, 0.2) is 38.0 Å². The summed E-state index contributed by atoms with van der Waals surface area (Å²) in [5.74, 6) is 0.575. The average Bonchev–Trinajstić information content (AvgIpc) is 3.24. The number of hydrogen-bond acceptors (Lipinski definition) is 8. The van der Waals surface area contributed by atoms with Gasteiger partial charge >= 0.3 is 6.03 Å². The molecule has 0 saturated carbocycles. The van der Waals surface area contributed by atoms with E-state index in [-0.39, 0.29) is 11.9 Å². The summed E-state index contributed by atoms with van der Waals surface area (Å²) >= 11 is 2.63. The van der Waals surface area contributed by atoms with E-state index in [0.29, 0.717) is 22.4 Å². The van der Waals surface area contributed by atoms with Crippen molar-refractivity contribution in [3.05, 3.63) is 33.6 Å². The summed E-state index contributed by atoms with van der Waals surface area (Å²) < 4.78 is 5.77. The van der Waals surface area contributed by atoms with Gasteiger partial charge in [-0.3, -0.25) is 9.79 Å². The van der Waals surface area contributed by atoms with Crippen LogP contribution in [0.3, 0.4) is 0 Å². The summed E-state index contributed by atoms with van der Waals surface area (Å²) in [6.07, 6.45) is 0. The molecule has 1 unspecified atom stereocenters. The number of aryl methyl sites for hydroxylation is 1. The fraction of sp³-hybridized carbons (Fsp3) is 0.429. The molecule has 2 aliphatic heterocycles. The Morgan fingerprint density at radius 2 is 2.00 bits per heavy atom. The van der Waals surface area contributed by atoms with Crippen LogP contribution in [0.25, 0.3) is 0 Å². The first-order chi connectivity index (χ1) is 15.1. The molecule has 1 aromatic carbocycles. The van der Waals surface area contributed by atoms with Gasteiger partial charge in [-0.05, 0) is 63.5 Å². The van der Waals surface area contributed by atoms with E-state index in [0.717, 1.165) is 28.5 Å². The molecule has 9 nitrogen and oxygen atoms in total. The number of hydrogen-bond donors (Lipinski definition) is 2. The molecule has 172 valence electrons. The maximum absolute atomic E-state index is 12.6. The van der Waals surface area contributed by atoms with Crippen LogP contribution in [0.2, 0.25) is 0 Å². The van der Waals surface area contributed by atoms with Gasteiger partial charge in [-0.1, -0.05) is 11.8 Å². The summed E-state index contributed by atoms with van der Waals surface area (Å²) in [6, 6.07) is 5.47. The Morgan fingerprint density at radius 1 is 1.25 bits per heavy atom. The lowest BCUT2D eigenvalue weighted by atomic mass is 10.2. The van der Waals surface area contributed by atoms with Crippen molar-refractivity contribution in [2.45, 2.75) is 19.3 Å². The van der Waals surface area contributed by atoms with E-state index in [2.05, 4.69) is 25.5 Å². The van der Waals surface area contributed by atoms with Gasteiger partial charge in [-0.2, -0.15) is 0 Å². The van der Waals surface area contributed by atoms with Crippen LogP contribution in [0.4, 0.5) is 10.5 Å². The first kappa shape index (κ1) is 24.1. The third kappa shape index (κ3) is 6.05. The minimum atomic E-state index is -0.455. The average molecular weight is 477 g/mol. The largest absolute Gasteiger partial charge is 0.492 e. The van der Waals surface area contributed by atoms with E-state index in [1.807, 2.05) is 46.1 Å². The fourth-order valence-corrected chi connectivity index (χ4v) is 4.94. The van der Waals surface area contributed by atoms with E-state index in [1.165, 1.54) is 28.4 Å². The smallest absolute Gasteiger partial charge is 0.319 e. The van der Waals surface area contributed by atoms with Gasteiger partial charge in [0.15, 0.2) is 10.7 Å². The van der Waals surface area contributed by atoms with Gasteiger partial charge in [0.25, 0.3) is 5.91 Å². The molecule has 11 heteroatoms. The highest BCUT2D eigenvalue weighted by atomic mass is 32.2. The van der Waals surface area contributed by atoms with Crippen molar-refractivity contribution in [2.75, 3.05) is 41.3 Å². The van der Waals surface area contributed by atoms with Crippen molar-refractivity contribution in [3.8, 4) is 5.75 Å². The second-order valence-electron chi connectivity index (χ2n) is 7.76. The molecule has 1 fully saturated rings. The van der Waals surface area contributed by atoms with Gasteiger partial charge < -0.3 is 25.2 Å². The number of allylic oxidation sites excluding steroid dienone is 1. The first-order valence-corrected chi connectivity index (χ1v) is 11.7. The lowest BCUT2D eigenvalue weighted by Crippen LogP contribution is -2.38. The molecule has 2 N–H and O–H groups in total. The number of likely N-dealkylation sites (N-methyl/N-ethyl adjacent to an activating group) is 1. The van der Waals surface area contributed by atoms with Crippen molar-refractivity contribution in [1.82, 2.24) is 20.4 Å². The number of carbonyl (C=O) groups is 2. The number of ether oxygens (including phenoxy) is 1. The molecule has 1 saturated heterocycles. The number of urea groups is 1. The monoisotopic (exact) mass is 476 g/mol. The standard InChI is InChI=1S/C21H28N6O3S2/c1-12-11-14(30-10-9-26(3)4)7-8-15(12)23-20-24-18(28)17(32-20)16-13(2)22-19(31-16)25-21(29)27(5)6/h7-8,11,19H,9-10H2,1-6H3,(H,25,29)(H,23,24,28)/b17-16-. The lowest BCUT2D eigenvalue weighted by Gasteiger charge is -2.14. The lowest BCUT2D eigenvalue weighted by molar-refractivity contribution is -0.115. The van der Waals surface area contributed by atoms with Gasteiger partial charge in [0.2, 0.25) is 0 Å². The number of rotatable bonds is 6. The van der Waals surface area contributed by atoms with Crippen LogP contribution in [-0.4, -0.2) is 79.5 Å². The Morgan fingerprint density at radius 3 is 2.66 bits per heavy atom. The molecule has 32 heavy (non-hydrogen) atoms. The maximum atomic E-state index is 12.6. The number of carbonyl (C=O) groups excluding carboxylic acids is 2. The van der Waals surface area contributed by atoms with Gasteiger partial charge in [-0.15, -0.1) is 0 Å². The molecule has 2 aliphatic rings.